The van der Waals surface area contributed by atoms with Crippen LogP contribution in [0.15, 0.2) is 0 Å². The second kappa shape index (κ2) is 8.21. The second-order valence-corrected chi connectivity index (χ2v) is 6.98. The van der Waals surface area contributed by atoms with Crippen LogP contribution in [-0.2, 0) is 23.9 Å². The van der Waals surface area contributed by atoms with Gasteiger partial charge >= 0.3 is 0 Å². The van der Waals surface area contributed by atoms with Gasteiger partial charge in [-0.1, -0.05) is 0 Å². The molecule has 4 amide bonds. The highest BCUT2D eigenvalue weighted by Crippen LogP contribution is 2.11. The molecule has 1 N–H and O–H groups in total. The Balaban J connectivity index is 1.52. The zero-order chi connectivity index (χ0) is 18.7. The van der Waals surface area contributed by atoms with Crippen molar-refractivity contribution in [3.63, 3.8) is 0 Å². The topological polar surface area (TPSA) is 102 Å². The standard InChI is InChI=1S/C16H25N5O5/c1-12(20-7-13(22)17-14(23)8-20)6-19-9-15(24)21(16(25)10-19)11-18-2-4-26-5-3-18/h12H,2-11H2,1H3,(H,17,22,23). The summed E-state index contributed by atoms with van der Waals surface area (Å²) in [6, 6.07) is -0.114. The number of ether oxygens (including phenoxy) is 1. The van der Waals surface area contributed by atoms with E-state index in [9.17, 15) is 19.2 Å². The summed E-state index contributed by atoms with van der Waals surface area (Å²) in [5.74, 6) is -1.08. The number of carbonyl (C=O) groups is 4. The maximum absolute atomic E-state index is 12.4. The van der Waals surface area contributed by atoms with E-state index in [0.717, 1.165) is 0 Å². The third-order valence-corrected chi connectivity index (χ3v) is 4.88. The molecular formula is C16H25N5O5. The normalized spacial score (nSPS) is 25.5. The number of nitrogens with zero attached hydrogens (tertiary/aromatic N) is 4. The van der Waals surface area contributed by atoms with Gasteiger partial charge in [0.15, 0.2) is 0 Å². The summed E-state index contributed by atoms with van der Waals surface area (Å²) < 4.78 is 5.28. The van der Waals surface area contributed by atoms with Crippen LogP contribution in [0.25, 0.3) is 0 Å². The molecule has 1 atom stereocenters. The maximum atomic E-state index is 12.4. The SMILES string of the molecule is CC(CN1CC(=O)N(CN2CCOCC2)C(=O)C1)N1CC(=O)NC(=O)C1. The first-order chi connectivity index (χ1) is 12.4. The molecule has 3 rings (SSSR count). The fourth-order valence-corrected chi connectivity index (χ4v) is 3.44. The van der Waals surface area contributed by atoms with Gasteiger partial charge in [0.1, 0.15) is 0 Å². The first-order valence-electron chi connectivity index (χ1n) is 8.85. The molecule has 0 spiro atoms. The first-order valence-corrected chi connectivity index (χ1v) is 8.85. The fourth-order valence-electron chi connectivity index (χ4n) is 3.44. The van der Waals surface area contributed by atoms with E-state index >= 15 is 0 Å². The van der Waals surface area contributed by atoms with Crippen molar-refractivity contribution in [3.8, 4) is 0 Å². The minimum absolute atomic E-state index is 0.114. The smallest absolute Gasteiger partial charge is 0.244 e. The number of hydrogen-bond donors (Lipinski definition) is 1. The van der Waals surface area contributed by atoms with E-state index in [2.05, 4.69) is 5.32 Å². The van der Waals surface area contributed by atoms with Crippen molar-refractivity contribution in [1.82, 2.24) is 24.9 Å². The molecule has 10 heteroatoms. The van der Waals surface area contributed by atoms with Crippen LogP contribution >= 0.6 is 0 Å². The van der Waals surface area contributed by atoms with Crippen LogP contribution in [-0.4, -0.2) is 115 Å². The van der Waals surface area contributed by atoms with Crippen molar-refractivity contribution in [2.45, 2.75) is 13.0 Å². The molecule has 0 radical (unpaired) electrons. The predicted octanol–water partition coefficient (Wildman–Crippen LogP) is -2.71. The molecule has 1 unspecified atom stereocenters. The summed E-state index contributed by atoms with van der Waals surface area (Å²) in [5.41, 5.74) is 0. The average Bonchev–Trinajstić information content (AvgIpc) is 2.58. The quantitative estimate of drug-likeness (QED) is 0.524. The molecule has 144 valence electrons. The van der Waals surface area contributed by atoms with Crippen molar-refractivity contribution in [3.05, 3.63) is 0 Å². The van der Waals surface area contributed by atoms with E-state index in [4.69, 9.17) is 4.74 Å². The minimum atomic E-state index is -0.324. The first kappa shape index (κ1) is 18.9. The van der Waals surface area contributed by atoms with E-state index in [-0.39, 0.29) is 55.8 Å². The predicted molar refractivity (Wildman–Crippen MR) is 89.7 cm³/mol. The van der Waals surface area contributed by atoms with Crippen LogP contribution in [0.1, 0.15) is 6.92 Å². The van der Waals surface area contributed by atoms with Gasteiger partial charge in [-0.05, 0) is 6.92 Å². The highest BCUT2D eigenvalue weighted by molar-refractivity contribution is 6.00. The van der Waals surface area contributed by atoms with E-state index in [0.29, 0.717) is 39.5 Å². The second-order valence-electron chi connectivity index (χ2n) is 6.98. The van der Waals surface area contributed by atoms with Crippen LogP contribution in [0.4, 0.5) is 0 Å². The number of imide groups is 2. The third kappa shape index (κ3) is 4.64. The summed E-state index contributed by atoms with van der Waals surface area (Å²) in [6.45, 7) is 5.91. The number of piperazine rings is 2. The lowest BCUT2D eigenvalue weighted by Crippen LogP contribution is -2.60. The van der Waals surface area contributed by atoms with Gasteiger partial charge < -0.3 is 4.74 Å². The van der Waals surface area contributed by atoms with Crippen LogP contribution in [0, 0.1) is 0 Å². The van der Waals surface area contributed by atoms with E-state index in [1.807, 2.05) is 11.8 Å². The minimum Gasteiger partial charge on any atom is -0.379 e. The van der Waals surface area contributed by atoms with Crippen LogP contribution in [0.3, 0.4) is 0 Å². The number of amides is 4. The van der Waals surface area contributed by atoms with Gasteiger partial charge in [0.05, 0.1) is 46.1 Å². The number of morpholine rings is 1. The molecule has 10 nitrogen and oxygen atoms in total. The van der Waals surface area contributed by atoms with Crippen LogP contribution in [0.5, 0.6) is 0 Å². The molecule has 26 heavy (non-hydrogen) atoms. The van der Waals surface area contributed by atoms with Gasteiger partial charge in [-0.15, -0.1) is 0 Å². The van der Waals surface area contributed by atoms with Crippen molar-refractivity contribution in [2.24, 2.45) is 0 Å². The Morgan fingerprint density at radius 2 is 1.50 bits per heavy atom. The Morgan fingerprint density at radius 3 is 2.08 bits per heavy atom. The fraction of sp³-hybridized carbons (Fsp3) is 0.750. The Hall–Kier alpha value is -1.88. The van der Waals surface area contributed by atoms with Crippen LogP contribution < -0.4 is 5.32 Å². The van der Waals surface area contributed by atoms with Crippen molar-refractivity contribution < 1.29 is 23.9 Å². The number of nitrogens with one attached hydrogen (secondary N) is 1. The molecule has 3 fully saturated rings. The van der Waals surface area contributed by atoms with Gasteiger partial charge in [0.2, 0.25) is 23.6 Å². The summed E-state index contributed by atoms with van der Waals surface area (Å²) >= 11 is 0. The maximum Gasteiger partial charge on any atom is 0.244 e. The Morgan fingerprint density at radius 1 is 0.923 bits per heavy atom. The largest absolute Gasteiger partial charge is 0.379 e. The molecule has 0 aliphatic carbocycles. The summed E-state index contributed by atoms with van der Waals surface area (Å²) in [5, 5.41) is 2.26. The lowest BCUT2D eigenvalue weighted by Gasteiger charge is -2.39. The van der Waals surface area contributed by atoms with E-state index < -0.39 is 0 Å². The molecule has 3 heterocycles. The van der Waals surface area contributed by atoms with Crippen molar-refractivity contribution >= 4 is 23.6 Å². The van der Waals surface area contributed by atoms with Gasteiger partial charge in [-0.3, -0.25) is 44.1 Å². The highest BCUT2D eigenvalue weighted by Gasteiger charge is 2.34. The average molecular weight is 367 g/mol. The molecule has 0 bridgehead atoms. The Labute approximate surface area is 152 Å². The summed E-state index contributed by atoms with van der Waals surface area (Å²) in [7, 11) is 0. The zero-order valence-electron chi connectivity index (χ0n) is 15.0. The third-order valence-electron chi connectivity index (χ3n) is 4.88. The van der Waals surface area contributed by atoms with Gasteiger partial charge in [0, 0.05) is 25.7 Å². The highest BCUT2D eigenvalue weighted by atomic mass is 16.5. The molecule has 0 aromatic carbocycles. The van der Waals surface area contributed by atoms with E-state index in [1.165, 1.54) is 4.90 Å². The number of hydrogen-bond acceptors (Lipinski definition) is 8. The molecule has 3 saturated heterocycles. The number of rotatable bonds is 5. The van der Waals surface area contributed by atoms with Crippen molar-refractivity contribution in [1.29, 1.82) is 0 Å². The lowest BCUT2D eigenvalue weighted by molar-refractivity contribution is -0.155. The van der Waals surface area contributed by atoms with Gasteiger partial charge in [-0.25, -0.2) is 0 Å². The molecule has 0 aromatic rings. The summed E-state index contributed by atoms with van der Waals surface area (Å²) in [6.07, 6.45) is 0. The monoisotopic (exact) mass is 367 g/mol. The molecular weight excluding hydrogens is 342 g/mol. The molecule has 3 aliphatic heterocycles. The summed E-state index contributed by atoms with van der Waals surface area (Å²) in [4.78, 5) is 54.7. The van der Waals surface area contributed by atoms with E-state index in [1.54, 1.807) is 9.80 Å². The zero-order valence-corrected chi connectivity index (χ0v) is 15.0. The van der Waals surface area contributed by atoms with Gasteiger partial charge in [-0.2, -0.15) is 0 Å². The lowest BCUT2D eigenvalue weighted by atomic mass is 10.2. The van der Waals surface area contributed by atoms with Gasteiger partial charge in [0.25, 0.3) is 0 Å². The Bertz CT molecular complexity index is 558. The molecule has 3 aliphatic rings. The van der Waals surface area contributed by atoms with Crippen molar-refractivity contribution in [2.75, 3.05) is 65.7 Å². The van der Waals surface area contributed by atoms with Crippen LogP contribution in [0.2, 0.25) is 0 Å². The molecule has 0 saturated carbocycles. The molecule has 0 aromatic heterocycles. The number of carbonyl (C=O) groups excluding carboxylic acids is 4. The Kier molecular flexibility index (Phi) is 5.97.